The molecule has 2 aromatic rings. The molecule has 0 heterocycles. The Morgan fingerprint density at radius 1 is 1.11 bits per heavy atom. The maximum Gasteiger partial charge on any atom is 0.255 e. The molecule has 0 bridgehead atoms. The minimum Gasteiger partial charge on any atom is -0.322 e. The molecule has 0 aliphatic carbocycles. The standard InChI is InChI=1S/C15H14FNO/c1-2-11-5-3-4-6-14(11)15(18)17-13-9-7-12(16)8-10-13/h3-10H,2H2,1H3,(H,17,18). The molecule has 0 fully saturated rings. The summed E-state index contributed by atoms with van der Waals surface area (Å²) in [7, 11) is 0. The van der Waals surface area contributed by atoms with Crippen molar-refractivity contribution in [3.05, 3.63) is 65.5 Å². The minimum absolute atomic E-state index is 0.168. The molecule has 0 radical (unpaired) electrons. The van der Waals surface area contributed by atoms with Gasteiger partial charge in [0.25, 0.3) is 5.91 Å². The molecular weight excluding hydrogens is 229 g/mol. The molecule has 92 valence electrons. The molecule has 0 aliphatic heterocycles. The molecule has 0 saturated heterocycles. The normalized spacial score (nSPS) is 10.1. The van der Waals surface area contributed by atoms with Crippen molar-refractivity contribution >= 4 is 11.6 Å². The predicted octanol–water partition coefficient (Wildman–Crippen LogP) is 3.64. The summed E-state index contributed by atoms with van der Waals surface area (Å²) in [5, 5.41) is 2.75. The lowest BCUT2D eigenvalue weighted by Gasteiger charge is -2.08. The first-order chi connectivity index (χ1) is 8.70. The van der Waals surface area contributed by atoms with E-state index in [-0.39, 0.29) is 11.7 Å². The lowest BCUT2D eigenvalue weighted by Crippen LogP contribution is -2.13. The largest absolute Gasteiger partial charge is 0.322 e. The highest BCUT2D eigenvalue weighted by Gasteiger charge is 2.09. The number of carbonyl (C=O) groups is 1. The third kappa shape index (κ3) is 2.74. The van der Waals surface area contributed by atoms with E-state index in [1.807, 2.05) is 25.1 Å². The third-order valence-electron chi connectivity index (χ3n) is 2.74. The molecule has 0 aliphatic rings. The highest BCUT2D eigenvalue weighted by atomic mass is 19.1. The van der Waals surface area contributed by atoms with Gasteiger partial charge in [-0.3, -0.25) is 4.79 Å². The zero-order valence-corrected chi connectivity index (χ0v) is 10.1. The Balaban J connectivity index is 2.19. The molecule has 2 rings (SSSR count). The predicted molar refractivity (Wildman–Crippen MR) is 70.2 cm³/mol. The molecule has 1 amide bonds. The second-order valence-electron chi connectivity index (χ2n) is 3.97. The van der Waals surface area contributed by atoms with Gasteiger partial charge in [0.2, 0.25) is 0 Å². The molecule has 3 heteroatoms. The van der Waals surface area contributed by atoms with Gasteiger partial charge in [0.1, 0.15) is 5.82 Å². The van der Waals surface area contributed by atoms with Gasteiger partial charge in [0.05, 0.1) is 0 Å². The van der Waals surface area contributed by atoms with Crippen LogP contribution in [0.1, 0.15) is 22.8 Å². The van der Waals surface area contributed by atoms with Gasteiger partial charge in [-0.25, -0.2) is 4.39 Å². The quantitative estimate of drug-likeness (QED) is 0.876. The third-order valence-corrected chi connectivity index (χ3v) is 2.74. The zero-order valence-electron chi connectivity index (χ0n) is 10.1. The van der Waals surface area contributed by atoms with Crippen molar-refractivity contribution in [2.24, 2.45) is 0 Å². The maximum absolute atomic E-state index is 12.8. The Bertz CT molecular complexity index is 549. The fourth-order valence-electron chi connectivity index (χ4n) is 1.78. The fraction of sp³-hybridized carbons (Fsp3) is 0.133. The Morgan fingerprint density at radius 3 is 2.44 bits per heavy atom. The van der Waals surface area contributed by atoms with Crippen LogP contribution in [0.4, 0.5) is 10.1 Å². The molecule has 0 atom stereocenters. The van der Waals surface area contributed by atoms with Crippen LogP contribution in [0, 0.1) is 5.82 Å². The first kappa shape index (κ1) is 12.3. The summed E-state index contributed by atoms with van der Waals surface area (Å²) < 4.78 is 12.8. The Labute approximate surface area is 105 Å². The summed E-state index contributed by atoms with van der Waals surface area (Å²) in [5.41, 5.74) is 2.24. The smallest absolute Gasteiger partial charge is 0.255 e. The van der Waals surface area contributed by atoms with Crippen LogP contribution in [-0.2, 0) is 6.42 Å². The number of anilines is 1. The summed E-state index contributed by atoms with van der Waals surface area (Å²) in [5.74, 6) is -0.485. The van der Waals surface area contributed by atoms with Gasteiger partial charge in [0, 0.05) is 11.3 Å². The van der Waals surface area contributed by atoms with Crippen molar-refractivity contribution in [1.82, 2.24) is 0 Å². The van der Waals surface area contributed by atoms with Crippen molar-refractivity contribution in [2.75, 3.05) is 5.32 Å². The lowest BCUT2D eigenvalue weighted by molar-refractivity contribution is 0.102. The minimum atomic E-state index is -0.318. The van der Waals surface area contributed by atoms with Gasteiger partial charge in [-0.1, -0.05) is 25.1 Å². The summed E-state index contributed by atoms with van der Waals surface area (Å²) >= 11 is 0. The van der Waals surface area contributed by atoms with Crippen molar-refractivity contribution in [3.63, 3.8) is 0 Å². The van der Waals surface area contributed by atoms with Gasteiger partial charge < -0.3 is 5.32 Å². The van der Waals surface area contributed by atoms with Crippen LogP contribution in [0.25, 0.3) is 0 Å². The van der Waals surface area contributed by atoms with Gasteiger partial charge in [0.15, 0.2) is 0 Å². The molecule has 0 aromatic heterocycles. The molecule has 2 aromatic carbocycles. The van der Waals surface area contributed by atoms with Gasteiger partial charge in [-0.05, 0) is 42.3 Å². The number of halogens is 1. The second kappa shape index (κ2) is 5.45. The summed E-state index contributed by atoms with van der Waals surface area (Å²) in [6.45, 7) is 2.00. The Kier molecular flexibility index (Phi) is 3.72. The number of amides is 1. The first-order valence-corrected chi connectivity index (χ1v) is 5.85. The SMILES string of the molecule is CCc1ccccc1C(=O)Nc1ccc(F)cc1. The summed E-state index contributed by atoms with van der Waals surface area (Å²) in [4.78, 5) is 12.1. The van der Waals surface area contributed by atoms with Crippen molar-refractivity contribution in [3.8, 4) is 0 Å². The number of benzene rings is 2. The van der Waals surface area contributed by atoms with E-state index in [0.717, 1.165) is 12.0 Å². The van der Waals surface area contributed by atoms with Crippen LogP contribution in [0.2, 0.25) is 0 Å². The second-order valence-corrected chi connectivity index (χ2v) is 3.97. The van der Waals surface area contributed by atoms with Crippen LogP contribution >= 0.6 is 0 Å². The summed E-state index contributed by atoms with van der Waals surface area (Å²) in [6.07, 6.45) is 0.799. The molecular formula is C15H14FNO. The highest BCUT2D eigenvalue weighted by molar-refractivity contribution is 6.05. The van der Waals surface area contributed by atoms with Crippen LogP contribution in [0.15, 0.2) is 48.5 Å². The van der Waals surface area contributed by atoms with E-state index in [1.54, 1.807) is 18.2 Å². The van der Waals surface area contributed by atoms with Gasteiger partial charge in [-0.2, -0.15) is 0 Å². The molecule has 1 N–H and O–H groups in total. The van der Waals surface area contributed by atoms with Crippen molar-refractivity contribution in [2.45, 2.75) is 13.3 Å². The monoisotopic (exact) mass is 243 g/mol. The van der Waals surface area contributed by atoms with E-state index in [9.17, 15) is 9.18 Å². The number of rotatable bonds is 3. The van der Waals surface area contributed by atoms with E-state index >= 15 is 0 Å². The maximum atomic E-state index is 12.8. The number of hydrogen-bond acceptors (Lipinski definition) is 1. The van der Waals surface area contributed by atoms with Crippen LogP contribution in [-0.4, -0.2) is 5.91 Å². The van der Waals surface area contributed by atoms with E-state index in [4.69, 9.17) is 0 Å². The molecule has 0 saturated carbocycles. The molecule has 0 spiro atoms. The first-order valence-electron chi connectivity index (χ1n) is 5.85. The van der Waals surface area contributed by atoms with E-state index in [0.29, 0.717) is 11.3 Å². The highest BCUT2D eigenvalue weighted by Crippen LogP contribution is 2.14. The van der Waals surface area contributed by atoms with Crippen LogP contribution in [0.3, 0.4) is 0 Å². The number of aryl methyl sites for hydroxylation is 1. The summed E-state index contributed by atoms with van der Waals surface area (Å²) in [6, 6.07) is 13.2. The Hall–Kier alpha value is -2.16. The molecule has 0 unspecified atom stereocenters. The number of carbonyl (C=O) groups excluding carboxylic acids is 1. The van der Waals surface area contributed by atoms with E-state index < -0.39 is 0 Å². The zero-order chi connectivity index (χ0) is 13.0. The molecule has 2 nitrogen and oxygen atoms in total. The topological polar surface area (TPSA) is 29.1 Å². The van der Waals surface area contributed by atoms with E-state index in [1.165, 1.54) is 12.1 Å². The Morgan fingerprint density at radius 2 is 1.78 bits per heavy atom. The average molecular weight is 243 g/mol. The number of hydrogen-bond donors (Lipinski definition) is 1. The molecule has 18 heavy (non-hydrogen) atoms. The van der Waals surface area contributed by atoms with Crippen molar-refractivity contribution in [1.29, 1.82) is 0 Å². The van der Waals surface area contributed by atoms with Crippen LogP contribution in [0.5, 0.6) is 0 Å². The number of nitrogens with one attached hydrogen (secondary N) is 1. The lowest BCUT2D eigenvalue weighted by atomic mass is 10.0. The van der Waals surface area contributed by atoms with Gasteiger partial charge >= 0.3 is 0 Å². The average Bonchev–Trinajstić information content (AvgIpc) is 2.41. The van der Waals surface area contributed by atoms with Crippen LogP contribution < -0.4 is 5.32 Å². The fourth-order valence-corrected chi connectivity index (χ4v) is 1.78. The van der Waals surface area contributed by atoms with Crippen molar-refractivity contribution < 1.29 is 9.18 Å². The van der Waals surface area contributed by atoms with Gasteiger partial charge in [-0.15, -0.1) is 0 Å². The van der Waals surface area contributed by atoms with E-state index in [2.05, 4.69) is 5.32 Å².